The van der Waals surface area contributed by atoms with E-state index in [1.54, 1.807) is 4.90 Å². The van der Waals surface area contributed by atoms with Gasteiger partial charge in [-0.05, 0) is 41.0 Å². The summed E-state index contributed by atoms with van der Waals surface area (Å²) in [6, 6.07) is 15.5. The molecule has 0 spiro atoms. The van der Waals surface area contributed by atoms with Crippen LogP contribution in [0, 0.1) is 11.8 Å². The lowest BCUT2D eigenvalue weighted by Gasteiger charge is -2.35. The highest BCUT2D eigenvalue weighted by Gasteiger charge is 2.35. The zero-order valence-electron chi connectivity index (χ0n) is 19.7. The van der Waals surface area contributed by atoms with Gasteiger partial charge >= 0.3 is 12.1 Å². The van der Waals surface area contributed by atoms with Crippen LogP contribution in [-0.4, -0.2) is 53.7 Å². The molecule has 0 aromatic heterocycles. The molecular formula is C27H32N2O5. The molecule has 2 aromatic rings. The Balaban J connectivity index is 1.43. The molecule has 3 atom stereocenters. The summed E-state index contributed by atoms with van der Waals surface area (Å²) in [5.41, 5.74) is 4.55. The summed E-state index contributed by atoms with van der Waals surface area (Å²) >= 11 is 0. The summed E-state index contributed by atoms with van der Waals surface area (Å²) in [4.78, 5) is 39.1. The number of likely N-dealkylation sites (tertiary alicyclic amines) is 1. The fourth-order valence-corrected chi connectivity index (χ4v) is 5.03. The standard InChI is InChI=1S/C27H32N2O5/c1-3-17(2)24(25(30)29-14-8-9-18(15-29)26(31)32)28-27(33)34-16-23-21-12-6-4-10-19(21)20-11-5-7-13-22(20)23/h4-7,10-13,17-18,23-24H,3,8-9,14-16H2,1-2H3,(H,28,33)(H,31,32)/t17-,18+,24-/m0/s1. The third-order valence-electron chi connectivity index (χ3n) is 7.18. The second kappa shape index (κ2) is 10.3. The smallest absolute Gasteiger partial charge is 0.407 e. The Morgan fingerprint density at radius 3 is 2.29 bits per heavy atom. The van der Waals surface area contributed by atoms with Crippen molar-refractivity contribution in [3.8, 4) is 11.1 Å². The van der Waals surface area contributed by atoms with Crippen LogP contribution in [0.3, 0.4) is 0 Å². The van der Waals surface area contributed by atoms with Crippen molar-refractivity contribution < 1.29 is 24.2 Å². The van der Waals surface area contributed by atoms with Crippen LogP contribution in [0.15, 0.2) is 48.5 Å². The van der Waals surface area contributed by atoms with Gasteiger partial charge in [0.25, 0.3) is 0 Å². The summed E-state index contributed by atoms with van der Waals surface area (Å²) in [7, 11) is 0. The van der Waals surface area contributed by atoms with Gasteiger partial charge in [-0.25, -0.2) is 4.79 Å². The largest absolute Gasteiger partial charge is 0.481 e. The van der Waals surface area contributed by atoms with Gasteiger partial charge in [0, 0.05) is 19.0 Å². The van der Waals surface area contributed by atoms with Gasteiger partial charge in [0.05, 0.1) is 5.92 Å². The molecule has 0 saturated carbocycles. The molecule has 2 N–H and O–H groups in total. The van der Waals surface area contributed by atoms with Gasteiger partial charge in [-0.2, -0.15) is 0 Å². The molecule has 0 bridgehead atoms. The maximum Gasteiger partial charge on any atom is 0.407 e. The summed E-state index contributed by atoms with van der Waals surface area (Å²) < 4.78 is 5.65. The van der Waals surface area contributed by atoms with E-state index in [-0.39, 0.29) is 30.9 Å². The number of hydrogen-bond donors (Lipinski definition) is 2. The molecule has 0 unspecified atom stereocenters. The van der Waals surface area contributed by atoms with E-state index in [1.807, 2.05) is 38.1 Å². The molecule has 180 valence electrons. The Morgan fingerprint density at radius 2 is 1.71 bits per heavy atom. The number of fused-ring (bicyclic) bond motifs is 3. The van der Waals surface area contributed by atoms with Crippen molar-refractivity contribution in [3.05, 3.63) is 59.7 Å². The van der Waals surface area contributed by atoms with Crippen molar-refractivity contribution in [1.82, 2.24) is 10.2 Å². The number of nitrogens with one attached hydrogen (secondary N) is 1. The first-order valence-electron chi connectivity index (χ1n) is 12.0. The Kier molecular flexibility index (Phi) is 7.20. The molecule has 7 nitrogen and oxygen atoms in total. The van der Waals surface area contributed by atoms with Gasteiger partial charge in [-0.3, -0.25) is 9.59 Å². The number of benzene rings is 2. The lowest BCUT2D eigenvalue weighted by molar-refractivity contribution is -0.146. The van der Waals surface area contributed by atoms with Crippen LogP contribution in [-0.2, 0) is 14.3 Å². The van der Waals surface area contributed by atoms with Crippen LogP contribution in [0.5, 0.6) is 0 Å². The van der Waals surface area contributed by atoms with Crippen LogP contribution in [0.4, 0.5) is 4.79 Å². The first kappa shape index (κ1) is 23.8. The van der Waals surface area contributed by atoms with Gasteiger partial charge in [-0.15, -0.1) is 0 Å². The van der Waals surface area contributed by atoms with E-state index < -0.39 is 24.0 Å². The van der Waals surface area contributed by atoms with E-state index in [9.17, 15) is 19.5 Å². The lowest BCUT2D eigenvalue weighted by atomic mass is 9.94. The molecule has 2 aliphatic rings. The number of amides is 2. The first-order valence-corrected chi connectivity index (χ1v) is 12.0. The van der Waals surface area contributed by atoms with Crippen molar-refractivity contribution in [2.24, 2.45) is 11.8 Å². The maximum atomic E-state index is 13.3. The first-order chi connectivity index (χ1) is 16.4. The Hall–Kier alpha value is -3.35. The van der Waals surface area contributed by atoms with Crippen LogP contribution in [0.25, 0.3) is 11.1 Å². The maximum absolute atomic E-state index is 13.3. The lowest BCUT2D eigenvalue weighted by Crippen LogP contribution is -2.54. The zero-order valence-corrected chi connectivity index (χ0v) is 19.7. The predicted octanol–water partition coefficient (Wildman–Crippen LogP) is 4.26. The number of carbonyl (C=O) groups excluding carboxylic acids is 2. The number of carbonyl (C=O) groups is 3. The third kappa shape index (κ3) is 4.79. The molecule has 2 amide bonds. The van der Waals surface area contributed by atoms with Crippen molar-refractivity contribution in [2.75, 3.05) is 19.7 Å². The highest BCUT2D eigenvalue weighted by molar-refractivity contribution is 5.87. The average molecular weight is 465 g/mol. The second-order valence-corrected chi connectivity index (χ2v) is 9.29. The number of nitrogens with zero attached hydrogens (tertiary/aromatic N) is 1. The summed E-state index contributed by atoms with van der Waals surface area (Å²) in [5, 5.41) is 12.1. The number of aliphatic carboxylic acids is 1. The number of ether oxygens (including phenoxy) is 1. The minimum absolute atomic E-state index is 0.0608. The number of alkyl carbamates (subject to hydrolysis) is 1. The predicted molar refractivity (Wildman–Crippen MR) is 128 cm³/mol. The van der Waals surface area contributed by atoms with E-state index in [4.69, 9.17) is 4.74 Å². The number of rotatable bonds is 7. The van der Waals surface area contributed by atoms with E-state index in [1.165, 1.54) is 0 Å². The molecule has 34 heavy (non-hydrogen) atoms. The summed E-state index contributed by atoms with van der Waals surface area (Å²) in [6.07, 6.45) is 1.26. The molecule has 1 heterocycles. The minimum Gasteiger partial charge on any atom is -0.481 e. The monoisotopic (exact) mass is 464 g/mol. The topological polar surface area (TPSA) is 95.9 Å². The van der Waals surface area contributed by atoms with E-state index in [2.05, 4.69) is 29.6 Å². The van der Waals surface area contributed by atoms with Crippen molar-refractivity contribution in [2.45, 2.75) is 45.1 Å². The van der Waals surface area contributed by atoms with Crippen LogP contribution in [0.1, 0.15) is 50.2 Å². The van der Waals surface area contributed by atoms with E-state index in [0.29, 0.717) is 25.8 Å². The molecular weight excluding hydrogens is 432 g/mol. The van der Waals surface area contributed by atoms with E-state index >= 15 is 0 Å². The van der Waals surface area contributed by atoms with Crippen LogP contribution < -0.4 is 5.32 Å². The fourth-order valence-electron chi connectivity index (χ4n) is 5.03. The molecule has 0 radical (unpaired) electrons. The van der Waals surface area contributed by atoms with Crippen molar-refractivity contribution in [3.63, 3.8) is 0 Å². The number of hydrogen-bond acceptors (Lipinski definition) is 4. The Bertz CT molecular complexity index is 1020. The minimum atomic E-state index is -0.887. The SMILES string of the molecule is CC[C@H](C)[C@H](NC(=O)OCC1c2ccccc2-c2ccccc21)C(=O)N1CCC[C@@H](C(=O)O)C1. The average Bonchev–Trinajstić information content (AvgIpc) is 3.19. The summed E-state index contributed by atoms with van der Waals surface area (Å²) in [6.45, 7) is 4.72. The zero-order chi connectivity index (χ0) is 24.2. The molecule has 4 rings (SSSR count). The van der Waals surface area contributed by atoms with Gasteiger partial charge in [0.15, 0.2) is 0 Å². The second-order valence-electron chi connectivity index (χ2n) is 9.29. The molecule has 2 aromatic carbocycles. The van der Waals surface area contributed by atoms with Crippen LogP contribution >= 0.6 is 0 Å². The number of piperidine rings is 1. The highest BCUT2D eigenvalue weighted by Crippen LogP contribution is 2.44. The Labute approximate surface area is 200 Å². The molecule has 1 aliphatic carbocycles. The quantitative estimate of drug-likeness (QED) is 0.638. The van der Waals surface area contributed by atoms with Gasteiger partial charge < -0.3 is 20.1 Å². The van der Waals surface area contributed by atoms with Gasteiger partial charge in [0.1, 0.15) is 12.6 Å². The van der Waals surface area contributed by atoms with E-state index in [0.717, 1.165) is 22.3 Å². The van der Waals surface area contributed by atoms with Gasteiger partial charge in [0.2, 0.25) is 5.91 Å². The van der Waals surface area contributed by atoms with Gasteiger partial charge in [-0.1, -0.05) is 68.8 Å². The normalized spacial score (nSPS) is 19.0. The Morgan fingerprint density at radius 1 is 1.09 bits per heavy atom. The fraction of sp³-hybridized carbons (Fsp3) is 0.444. The van der Waals surface area contributed by atoms with Crippen molar-refractivity contribution in [1.29, 1.82) is 0 Å². The molecule has 7 heteroatoms. The molecule has 1 fully saturated rings. The number of carboxylic acids is 1. The highest BCUT2D eigenvalue weighted by atomic mass is 16.5. The molecule has 1 aliphatic heterocycles. The molecule has 1 saturated heterocycles. The van der Waals surface area contributed by atoms with Crippen LogP contribution in [0.2, 0.25) is 0 Å². The summed E-state index contributed by atoms with van der Waals surface area (Å²) in [5.74, 6) is -1.87. The third-order valence-corrected chi connectivity index (χ3v) is 7.18. The number of carboxylic acid groups (broad SMARTS) is 1. The van der Waals surface area contributed by atoms with Crippen molar-refractivity contribution >= 4 is 18.0 Å².